The Hall–Kier alpha value is -1.26. The number of hydrogen-bond donors (Lipinski definition) is 2. The van der Waals surface area contributed by atoms with Gasteiger partial charge in [0.2, 0.25) is 0 Å². The molecular weight excluding hydrogens is 206 g/mol. The fraction of sp³-hybridized carbons (Fsp3) is 0.500. The third-order valence-corrected chi connectivity index (χ3v) is 2.33. The van der Waals surface area contributed by atoms with E-state index in [1.54, 1.807) is 32.2 Å². The second-order valence-electron chi connectivity index (χ2n) is 3.65. The van der Waals surface area contributed by atoms with E-state index in [-0.39, 0.29) is 6.04 Å². The SMILES string of the molecule is CCOc1cc(C(O)C(C)N)ccc1OC. The molecule has 90 valence electrons. The van der Waals surface area contributed by atoms with Crippen molar-refractivity contribution < 1.29 is 14.6 Å². The van der Waals surface area contributed by atoms with Crippen LogP contribution in [-0.4, -0.2) is 24.9 Å². The highest BCUT2D eigenvalue weighted by Crippen LogP contribution is 2.30. The maximum atomic E-state index is 9.83. The molecule has 1 aromatic carbocycles. The minimum atomic E-state index is -0.690. The average Bonchev–Trinajstić information content (AvgIpc) is 2.28. The van der Waals surface area contributed by atoms with E-state index in [9.17, 15) is 5.11 Å². The van der Waals surface area contributed by atoms with Gasteiger partial charge in [0.15, 0.2) is 11.5 Å². The van der Waals surface area contributed by atoms with Gasteiger partial charge in [-0.1, -0.05) is 6.07 Å². The molecule has 0 spiro atoms. The van der Waals surface area contributed by atoms with Crippen LogP contribution in [0.25, 0.3) is 0 Å². The molecule has 2 unspecified atom stereocenters. The van der Waals surface area contributed by atoms with Crippen molar-refractivity contribution in [2.75, 3.05) is 13.7 Å². The molecule has 0 bridgehead atoms. The molecule has 2 atom stereocenters. The Kier molecular flexibility index (Phi) is 4.58. The van der Waals surface area contributed by atoms with E-state index in [0.29, 0.717) is 18.1 Å². The van der Waals surface area contributed by atoms with Crippen molar-refractivity contribution in [1.29, 1.82) is 0 Å². The van der Waals surface area contributed by atoms with Crippen molar-refractivity contribution in [2.45, 2.75) is 26.0 Å². The lowest BCUT2D eigenvalue weighted by Crippen LogP contribution is -2.24. The Bertz CT molecular complexity index is 339. The highest BCUT2D eigenvalue weighted by atomic mass is 16.5. The normalized spacial score (nSPS) is 14.3. The second-order valence-corrected chi connectivity index (χ2v) is 3.65. The van der Waals surface area contributed by atoms with Crippen LogP contribution in [0, 0.1) is 0 Å². The van der Waals surface area contributed by atoms with Crippen molar-refractivity contribution in [2.24, 2.45) is 5.73 Å². The van der Waals surface area contributed by atoms with Crippen LogP contribution in [0.1, 0.15) is 25.5 Å². The maximum absolute atomic E-state index is 9.83. The summed E-state index contributed by atoms with van der Waals surface area (Å²) in [6, 6.07) is 5.00. The highest BCUT2D eigenvalue weighted by molar-refractivity contribution is 5.43. The van der Waals surface area contributed by atoms with Gasteiger partial charge in [-0.3, -0.25) is 0 Å². The minimum Gasteiger partial charge on any atom is -0.493 e. The predicted molar refractivity (Wildman–Crippen MR) is 62.8 cm³/mol. The van der Waals surface area contributed by atoms with Gasteiger partial charge in [-0.05, 0) is 31.5 Å². The van der Waals surface area contributed by atoms with Crippen molar-refractivity contribution >= 4 is 0 Å². The second kappa shape index (κ2) is 5.72. The van der Waals surface area contributed by atoms with E-state index >= 15 is 0 Å². The number of aliphatic hydroxyl groups excluding tert-OH is 1. The Balaban J connectivity index is 3.01. The van der Waals surface area contributed by atoms with E-state index in [2.05, 4.69) is 0 Å². The first-order valence-corrected chi connectivity index (χ1v) is 5.34. The molecule has 3 N–H and O–H groups in total. The summed E-state index contributed by atoms with van der Waals surface area (Å²) >= 11 is 0. The van der Waals surface area contributed by atoms with Crippen LogP contribution in [0.15, 0.2) is 18.2 Å². The number of methoxy groups -OCH3 is 1. The number of rotatable bonds is 5. The summed E-state index contributed by atoms with van der Waals surface area (Å²) in [5.41, 5.74) is 6.38. The van der Waals surface area contributed by atoms with Crippen LogP contribution >= 0.6 is 0 Å². The van der Waals surface area contributed by atoms with Gasteiger partial charge in [-0.2, -0.15) is 0 Å². The zero-order valence-corrected chi connectivity index (χ0v) is 9.93. The number of benzene rings is 1. The van der Waals surface area contributed by atoms with Gasteiger partial charge in [0.25, 0.3) is 0 Å². The van der Waals surface area contributed by atoms with Gasteiger partial charge in [0, 0.05) is 6.04 Å². The first kappa shape index (κ1) is 12.8. The van der Waals surface area contributed by atoms with E-state index in [0.717, 1.165) is 5.56 Å². The summed E-state index contributed by atoms with van der Waals surface area (Å²) in [5, 5.41) is 9.83. The van der Waals surface area contributed by atoms with Gasteiger partial charge in [-0.25, -0.2) is 0 Å². The van der Waals surface area contributed by atoms with Crippen LogP contribution in [0.4, 0.5) is 0 Å². The lowest BCUT2D eigenvalue weighted by atomic mass is 10.0. The van der Waals surface area contributed by atoms with Crippen molar-refractivity contribution in [3.05, 3.63) is 23.8 Å². The van der Waals surface area contributed by atoms with E-state index in [1.807, 2.05) is 6.92 Å². The maximum Gasteiger partial charge on any atom is 0.161 e. The molecule has 1 rings (SSSR count). The summed E-state index contributed by atoms with van der Waals surface area (Å²) in [6.45, 7) is 4.21. The summed E-state index contributed by atoms with van der Waals surface area (Å²) in [5.74, 6) is 1.28. The summed E-state index contributed by atoms with van der Waals surface area (Å²) in [6.07, 6.45) is -0.690. The molecule has 0 heterocycles. The van der Waals surface area contributed by atoms with Gasteiger partial charge < -0.3 is 20.3 Å². The van der Waals surface area contributed by atoms with Crippen LogP contribution < -0.4 is 15.2 Å². The molecule has 0 saturated carbocycles. The average molecular weight is 225 g/mol. The molecule has 0 amide bonds. The molecular formula is C12H19NO3. The van der Waals surface area contributed by atoms with E-state index < -0.39 is 6.10 Å². The first-order valence-electron chi connectivity index (χ1n) is 5.34. The number of nitrogens with two attached hydrogens (primary N) is 1. The zero-order valence-electron chi connectivity index (χ0n) is 9.93. The Morgan fingerprint density at radius 2 is 2.06 bits per heavy atom. The summed E-state index contributed by atoms with van der Waals surface area (Å²) in [7, 11) is 1.58. The lowest BCUT2D eigenvalue weighted by molar-refractivity contribution is 0.152. The van der Waals surface area contributed by atoms with Gasteiger partial charge in [0.05, 0.1) is 19.8 Å². The molecule has 16 heavy (non-hydrogen) atoms. The molecule has 0 aromatic heterocycles. The van der Waals surface area contributed by atoms with Crippen LogP contribution in [0.3, 0.4) is 0 Å². The monoisotopic (exact) mass is 225 g/mol. The van der Waals surface area contributed by atoms with Crippen LogP contribution in [0.2, 0.25) is 0 Å². The molecule has 0 fully saturated rings. The Morgan fingerprint density at radius 3 is 2.56 bits per heavy atom. The Morgan fingerprint density at radius 1 is 1.38 bits per heavy atom. The number of hydrogen-bond acceptors (Lipinski definition) is 4. The quantitative estimate of drug-likeness (QED) is 0.796. The third kappa shape index (κ3) is 2.87. The summed E-state index contributed by atoms with van der Waals surface area (Å²) < 4.78 is 10.6. The van der Waals surface area contributed by atoms with Gasteiger partial charge >= 0.3 is 0 Å². The number of aliphatic hydroxyl groups is 1. The molecule has 0 saturated heterocycles. The zero-order chi connectivity index (χ0) is 12.1. The standard InChI is InChI=1S/C12H19NO3/c1-4-16-11-7-9(12(14)8(2)13)5-6-10(11)15-3/h5-8,12,14H,4,13H2,1-3H3. The Labute approximate surface area is 96.0 Å². The fourth-order valence-corrected chi connectivity index (χ4v) is 1.45. The van der Waals surface area contributed by atoms with Crippen LogP contribution in [0.5, 0.6) is 11.5 Å². The van der Waals surface area contributed by atoms with Gasteiger partial charge in [-0.15, -0.1) is 0 Å². The molecule has 0 radical (unpaired) electrons. The molecule has 0 aliphatic carbocycles. The lowest BCUT2D eigenvalue weighted by Gasteiger charge is -2.17. The highest BCUT2D eigenvalue weighted by Gasteiger charge is 2.15. The molecule has 0 aliphatic heterocycles. The minimum absolute atomic E-state index is 0.317. The van der Waals surface area contributed by atoms with E-state index in [4.69, 9.17) is 15.2 Å². The van der Waals surface area contributed by atoms with Gasteiger partial charge in [0.1, 0.15) is 0 Å². The fourth-order valence-electron chi connectivity index (χ4n) is 1.45. The number of ether oxygens (including phenoxy) is 2. The van der Waals surface area contributed by atoms with Crippen molar-refractivity contribution in [1.82, 2.24) is 0 Å². The topological polar surface area (TPSA) is 64.7 Å². The largest absolute Gasteiger partial charge is 0.493 e. The van der Waals surface area contributed by atoms with Crippen LogP contribution in [-0.2, 0) is 0 Å². The van der Waals surface area contributed by atoms with E-state index in [1.165, 1.54) is 0 Å². The first-order chi connectivity index (χ1) is 7.60. The smallest absolute Gasteiger partial charge is 0.161 e. The molecule has 1 aromatic rings. The molecule has 4 nitrogen and oxygen atoms in total. The predicted octanol–water partition coefficient (Wildman–Crippen LogP) is 1.47. The van der Waals surface area contributed by atoms with Crippen molar-refractivity contribution in [3.8, 4) is 11.5 Å². The molecule has 0 aliphatic rings. The summed E-state index contributed by atoms with van der Waals surface area (Å²) in [4.78, 5) is 0. The molecule has 4 heteroatoms. The third-order valence-electron chi connectivity index (χ3n) is 2.33. The van der Waals surface area contributed by atoms with Crippen molar-refractivity contribution in [3.63, 3.8) is 0 Å².